The maximum atomic E-state index is 8.65. The van der Waals surface area contributed by atoms with E-state index in [-0.39, 0.29) is 10.8 Å². The zero-order chi connectivity index (χ0) is 5.28. The summed E-state index contributed by atoms with van der Waals surface area (Å²) in [6.07, 6.45) is 0.881. The lowest BCUT2D eigenvalue weighted by Gasteiger charge is -1.77. The minimum Gasteiger partial charge on any atom is -0.338 e. The van der Waals surface area contributed by atoms with Crippen LogP contribution in [0.3, 0.4) is 0 Å². The fourth-order valence-corrected chi connectivity index (χ4v) is 0.800. The molecule has 1 saturated heterocycles. The van der Waals surface area contributed by atoms with E-state index < -0.39 is 0 Å². The van der Waals surface area contributed by atoms with Gasteiger partial charge in [0.15, 0.2) is 11.4 Å². The number of hydrogen-bond acceptors (Lipinski definition) is 1. The monoisotopic (exact) mass is 165 g/mol. The summed E-state index contributed by atoms with van der Waals surface area (Å²) < 4.78 is 4.69. The molecule has 1 atom stereocenters. The third kappa shape index (κ3) is 0.938. The molecule has 0 aliphatic carbocycles. The minimum absolute atomic E-state index is 0.0764. The number of alkyl halides is 1. The molecule has 0 bridgehead atoms. The second kappa shape index (κ2) is 1.82. The van der Waals surface area contributed by atoms with Gasteiger partial charge in [0.25, 0.3) is 0 Å². The van der Waals surface area contributed by atoms with Crippen molar-refractivity contribution in [3.63, 3.8) is 0 Å². The summed E-state index contributed by atoms with van der Waals surface area (Å²) in [5, 5.41) is 0. The summed E-state index contributed by atoms with van der Waals surface area (Å²) >= 11 is 3.19. The zero-order valence-electron chi connectivity index (χ0n) is 3.72. The molecule has 0 aromatic carbocycles. The van der Waals surface area contributed by atoms with Gasteiger partial charge in [-0.1, -0.05) is 15.9 Å². The average molecular weight is 166 g/mol. The fraction of sp³-hybridized carbons (Fsp3) is 0.750. The van der Waals surface area contributed by atoms with Crippen molar-refractivity contribution in [3.05, 3.63) is 0 Å². The second-order valence-electron chi connectivity index (χ2n) is 1.44. The van der Waals surface area contributed by atoms with Crippen molar-refractivity contribution in [2.45, 2.75) is 11.2 Å². The average Bonchev–Trinajstić information content (AvgIpc) is 1.91. The number of rotatable bonds is 0. The summed E-state index contributed by atoms with van der Waals surface area (Å²) in [4.78, 5) is 8.72. The summed E-state index contributed by atoms with van der Waals surface area (Å²) in [5.41, 5.74) is 0. The van der Waals surface area contributed by atoms with Gasteiger partial charge in [0.2, 0.25) is 0 Å². The first-order valence-corrected chi connectivity index (χ1v) is 3.05. The van der Waals surface area contributed by atoms with E-state index in [4.69, 9.17) is 9.53 Å². The normalized spacial score (nSPS) is 30.4. The highest BCUT2D eigenvalue weighted by atomic mass is 79.9. The van der Waals surface area contributed by atoms with E-state index in [0.29, 0.717) is 6.61 Å². The number of ether oxygens (including phenoxy) is 1. The first-order chi connectivity index (χ1) is 3.30. The molecule has 7 heavy (non-hydrogen) atoms. The molecule has 0 radical (unpaired) electrons. The van der Waals surface area contributed by atoms with E-state index in [1.165, 1.54) is 0 Å². The van der Waals surface area contributed by atoms with Crippen LogP contribution in [0.5, 0.6) is 0 Å². The molecule has 1 unspecified atom stereocenters. The molecule has 0 spiro atoms. The van der Waals surface area contributed by atoms with Crippen molar-refractivity contribution in [1.29, 1.82) is 0 Å². The predicted octanol–water partition coefficient (Wildman–Crippen LogP) is 0.673. The van der Waals surface area contributed by atoms with Gasteiger partial charge in [-0.25, -0.2) is 0 Å². The number of halogens is 1. The maximum Gasteiger partial charge on any atom is 0.497 e. The van der Waals surface area contributed by atoms with Crippen LogP contribution in [-0.2, 0) is 4.74 Å². The van der Waals surface area contributed by atoms with Crippen LogP contribution in [0, 0.1) is 0 Å². The van der Waals surface area contributed by atoms with Crippen LogP contribution >= 0.6 is 15.9 Å². The predicted molar refractivity (Wildman–Crippen MR) is 30.2 cm³/mol. The smallest absolute Gasteiger partial charge is 0.338 e. The first kappa shape index (κ1) is 5.09. The first-order valence-electron chi connectivity index (χ1n) is 2.13. The molecule has 1 aliphatic rings. The topological polar surface area (TPSA) is 30.6 Å². The molecule has 0 saturated carbocycles. The van der Waals surface area contributed by atoms with Gasteiger partial charge >= 0.3 is 5.97 Å². The summed E-state index contributed by atoms with van der Waals surface area (Å²) in [6.45, 7) is 0.641. The van der Waals surface area contributed by atoms with Crippen molar-refractivity contribution >= 4 is 21.9 Å². The Hall–Kier alpha value is -0.0500. The molecule has 0 aromatic rings. The van der Waals surface area contributed by atoms with E-state index in [1.54, 1.807) is 0 Å². The van der Waals surface area contributed by atoms with Crippen molar-refractivity contribution in [1.82, 2.24) is 0 Å². The van der Waals surface area contributed by atoms with Crippen molar-refractivity contribution in [2.24, 2.45) is 0 Å². The molecular weight excluding hydrogens is 160 g/mol. The van der Waals surface area contributed by atoms with Crippen LogP contribution in [0.25, 0.3) is 0 Å². The molecule has 1 N–H and O–H groups in total. The number of esters is 1. The molecule has 0 amide bonds. The van der Waals surface area contributed by atoms with Crippen LogP contribution in [0.15, 0.2) is 0 Å². The lowest BCUT2D eigenvalue weighted by Crippen LogP contribution is -2.04. The Morgan fingerprint density at radius 2 is 2.57 bits per heavy atom. The molecule has 1 aliphatic heterocycles. The number of carbonyl (C=O) groups excluding carboxylic acids is 1. The van der Waals surface area contributed by atoms with E-state index in [1.807, 2.05) is 0 Å². The van der Waals surface area contributed by atoms with Gasteiger partial charge in [0.1, 0.15) is 0 Å². The van der Waals surface area contributed by atoms with Crippen molar-refractivity contribution < 1.29 is 9.53 Å². The molecule has 1 rings (SSSR count). The third-order valence-electron chi connectivity index (χ3n) is 0.889. The fourth-order valence-electron chi connectivity index (χ4n) is 0.481. The van der Waals surface area contributed by atoms with Gasteiger partial charge < -0.3 is 9.53 Å². The van der Waals surface area contributed by atoms with E-state index in [0.717, 1.165) is 6.42 Å². The van der Waals surface area contributed by atoms with Crippen LogP contribution < -0.4 is 0 Å². The van der Waals surface area contributed by atoms with Crippen molar-refractivity contribution in [3.8, 4) is 0 Å². The van der Waals surface area contributed by atoms with Gasteiger partial charge in [-0.05, 0) is 0 Å². The van der Waals surface area contributed by atoms with Crippen LogP contribution in [-0.4, -0.2) is 22.2 Å². The standard InChI is InChI=1S/C4H5BrO2/c5-3-1-2-7-4(3)6/h3H,1-2H2/p+1. The van der Waals surface area contributed by atoms with E-state index >= 15 is 0 Å². The molecule has 40 valence electrons. The van der Waals surface area contributed by atoms with Crippen LogP contribution in [0.2, 0.25) is 0 Å². The Bertz CT molecular complexity index is 91.7. The third-order valence-corrected chi connectivity index (χ3v) is 1.74. The van der Waals surface area contributed by atoms with Crippen molar-refractivity contribution in [2.75, 3.05) is 6.61 Å². The number of cyclic esters (lactones) is 1. The molecule has 0 aromatic heterocycles. The zero-order valence-corrected chi connectivity index (χ0v) is 5.31. The Balaban J connectivity index is 2.48. The molecule has 2 nitrogen and oxygen atoms in total. The highest BCUT2D eigenvalue weighted by Gasteiger charge is 2.31. The summed E-state index contributed by atoms with van der Waals surface area (Å²) in [7, 11) is 0. The minimum atomic E-state index is 0.0764. The Kier molecular flexibility index (Phi) is 1.32. The van der Waals surface area contributed by atoms with Gasteiger partial charge in [-0.3, -0.25) is 0 Å². The Morgan fingerprint density at radius 3 is 2.71 bits per heavy atom. The molecule has 1 heterocycles. The van der Waals surface area contributed by atoms with Gasteiger partial charge in [-0.15, -0.1) is 0 Å². The van der Waals surface area contributed by atoms with Gasteiger partial charge in [-0.2, -0.15) is 0 Å². The maximum absolute atomic E-state index is 8.65. The van der Waals surface area contributed by atoms with Gasteiger partial charge in [0.05, 0.1) is 0 Å². The lowest BCUT2D eigenvalue weighted by atomic mass is 10.4. The lowest BCUT2D eigenvalue weighted by molar-refractivity contribution is 0.312. The Morgan fingerprint density at radius 1 is 1.86 bits per heavy atom. The van der Waals surface area contributed by atoms with Crippen LogP contribution in [0.1, 0.15) is 6.42 Å². The second-order valence-corrected chi connectivity index (χ2v) is 2.55. The quantitative estimate of drug-likeness (QED) is 0.295. The number of hydrogen-bond donors (Lipinski definition) is 0. The van der Waals surface area contributed by atoms with E-state index in [9.17, 15) is 0 Å². The Labute approximate surface area is 50.0 Å². The molecule has 1 fully saturated rings. The SMILES string of the molecule is [OH+]=C1OCCC1Br. The highest BCUT2D eigenvalue weighted by molar-refractivity contribution is 9.10. The molecular formula is C4H6BrO2+. The molecule has 3 heteroatoms. The highest BCUT2D eigenvalue weighted by Crippen LogP contribution is 2.13. The van der Waals surface area contributed by atoms with E-state index in [2.05, 4.69) is 15.9 Å². The van der Waals surface area contributed by atoms with Gasteiger partial charge in [0, 0.05) is 6.42 Å². The summed E-state index contributed by atoms with van der Waals surface area (Å²) in [5.74, 6) is 0.125. The van der Waals surface area contributed by atoms with Crippen LogP contribution in [0.4, 0.5) is 0 Å². The largest absolute Gasteiger partial charge is 0.497 e. The summed E-state index contributed by atoms with van der Waals surface area (Å²) in [6, 6.07) is 0.